The van der Waals surface area contributed by atoms with Crippen LogP contribution in [0, 0.1) is 5.92 Å². The van der Waals surface area contributed by atoms with E-state index in [-0.39, 0.29) is 0 Å². The second kappa shape index (κ2) is 10.4. The molecule has 1 aliphatic carbocycles. The molecule has 0 unspecified atom stereocenters. The Morgan fingerprint density at radius 2 is 1.59 bits per heavy atom. The number of methoxy groups -OCH3 is 1. The minimum atomic E-state index is 0.364. The lowest BCUT2D eigenvalue weighted by Crippen LogP contribution is -2.34. The lowest BCUT2D eigenvalue weighted by atomic mass is 9.89. The number of rotatable bonds is 9. The van der Waals surface area contributed by atoms with E-state index in [0.29, 0.717) is 5.75 Å². The summed E-state index contributed by atoms with van der Waals surface area (Å²) in [5.41, 5.74) is 2.55. The Bertz CT molecular complexity index is 694. The van der Waals surface area contributed by atoms with Gasteiger partial charge in [0.2, 0.25) is 0 Å². The third-order valence-corrected chi connectivity index (χ3v) is 5.72. The summed E-state index contributed by atoms with van der Waals surface area (Å²) in [7, 11) is 1.73. The minimum absolute atomic E-state index is 0.364. The zero-order valence-corrected chi connectivity index (χ0v) is 16.6. The van der Waals surface area contributed by atoms with Crippen LogP contribution in [0.3, 0.4) is 0 Å². The largest absolute Gasteiger partial charge is 0.508 e. The molecule has 0 spiro atoms. The van der Waals surface area contributed by atoms with Crippen molar-refractivity contribution >= 4 is 0 Å². The first-order valence-electron chi connectivity index (χ1n) is 10.4. The topological polar surface area (TPSA) is 32.7 Å². The van der Waals surface area contributed by atoms with Crippen LogP contribution in [0.2, 0.25) is 0 Å². The molecule has 1 fully saturated rings. The molecule has 2 aromatic carbocycles. The maximum atomic E-state index is 9.72. The molecule has 0 bridgehead atoms. The van der Waals surface area contributed by atoms with Gasteiger partial charge in [-0.15, -0.1) is 0 Å². The molecular weight excluding hydrogens is 334 g/mol. The Kier molecular flexibility index (Phi) is 7.58. The predicted octanol–water partition coefficient (Wildman–Crippen LogP) is 5.07. The summed E-state index contributed by atoms with van der Waals surface area (Å²) in [4.78, 5) is 2.62. The van der Waals surface area contributed by atoms with E-state index < -0.39 is 0 Å². The van der Waals surface area contributed by atoms with Gasteiger partial charge in [-0.1, -0.05) is 43.5 Å². The number of nitrogens with zero attached hydrogens (tertiary/aromatic N) is 1. The molecule has 3 heteroatoms. The summed E-state index contributed by atoms with van der Waals surface area (Å²) in [6.45, 7) is 3.31. The summed E-state index contributed by atoms with van der Waals surface area (Å²) >= 11 is 0. The third kappa shape index (κ3) is 6.59. The Hall–Kier alpha value is -2.00. The van der Waals surface area contributed by atoms with Gasteiger partial charge in [0.15, 0.2) is 0 Å². The third-order valence-electron chi connectivity index (χ3n) is 5.72. The van der Waals surface area contributed by atoms with Crippen molar-refractivity contribution in [2.75, 3.05) is 26.7 Å². The van der Waals surface area contributed by atoms with Gasteiger partial charge in [-0.3, -0.25) is 0 Å². The number of benzene rings is 2. The summed E-state index contributed by atoms with van der Waals surface area (Å²) in [5, 5.41) is 9.72. The summed E-state index contributed by atoms with van der Waals surface area (Å²) in [5.74, 6) is 2.14. The molecule has 1 N–H and O–H groups in total. The van der Waals surface area contributed by atoms with Gasteiger partial charge in [-0.05, 0) is 67.0 Å². The second-order valence-corrected chi connectivity index (χ2v) is 7.83. The van der Waals surface area contributed by atoms with Crippen LogP contribution < -0.4 is 4.74 Å². The van der Waals surface area contributed by atoms with Crippen LogP contribution in [-0.2, 0) is 12.8 Å². The normalized spacial score (nSPS) is 15.2. The highest BCUT2D eigenvalue weighted by Gasteiger charge is 2.17. The monoisotopic (exact) mass is 367 g/mol. The molecule has 0 atom stereocenters. The highest BCUT2D eigenvalue weighted by atomic mass is 16.5. The maximum Gasteiger partial charge on any atom is 0.119 e. The van der Waals surface area contributed by atoms with E-state index in [4.69, 9.17) is 4.74 Å². The van der Waals surface area contributed by atoms with Crippen molar-refractivity contribution in [3.63, 3.8) is 0 Å². The number of aromatic hydroxyl groups is 1. The smallest absolute Gasteiger partial charge is 0.119 e. The Morgan fingerprint density at radius 1 is 0.926 bits per heavy atom. The molecule has 27 heavy (non-hydrogen) atoms. The van der Waals surface area contributed by atoms with Crippen molar-refractivity contribution in [1.29, 1.82) is 0 Å². The summed E-state index contributed by atoms with van der Waals surface area (Å²) in [6.07, 6.45) is 8.97. The highest BCUT2D eigenvalue weighted by Crippen LogP contribution is 2.25. The van der Waals surface area contributed by atoms with E-state index in [2.05, 4.69) is 29.2 Å². The van der Waals surface area contributed by atoms with Crippen molar-refractivity contribution in [3.8, 4) is 11.5 Å². The molecule has 0 aliphatic heterocycles. The van der Waals surface area contributed by atoms with Crippen LogP contribution in [0.5, 0.6) is 11.5 Å². The van der Waals surface area contributed by atoms with Gasteiger partial charge < -0.3 is 14.7 Å². The first-order valence-corrected chi connectivity index (χ1v) is 10.4. The Morgan fingerprint density at radius 3 is 2.26 bits per heavy atom. The van der Waals surface area contributed by atoms with Crippen LogP contribution >= 0.6 is 0 Å². The summed E-state index contributed by atoms with van der Waals surface area (Å²) < 4.78 is 5.36. The van der Waals surface area contributed by atoms with Gasteiger partial charge in [0, 0.05) is 19.6 Å². The number of phenolic OH excluding ortho intramolecular Hbond substituents is 1. The molecule has 3 rings (SSSR count). The molecule has 0 saturated heterocycles. The number of phenols is 1. The number of hydrogen-bond donors (Lipinski definition) is 1. The van der Waals surface area contributed by atoms with Crippen molar-refractivity contribution in [3.05, 3.63) is 59.7 Å². The standard InChI is InChI=1S/C24H33NO2/c1-27-24-12-6-10-21(18-24)14-16-25(19-22-7-3-2-4-8-22)15-13-20-9-5-11-23(26)17-20/h5-6,9-12,17-18,22,26H,2-4,7-8,13-16,19H2,1H3. The fourth-order valence-electron chi connectivity index (χ4n) is 4.14. The zero-order valence-electron chi connectivity index (χ0n) is 16.6. The lowest BCUT2D eigenvalue weighted by molar-refractivity contribution is 0.204. The van der Waals surface area contributed by atoms with Crippen LogP contribution in [0.15, 0.2) is 48.5 Å². The molecular formula is C24H33NO2. The van der Waals surface area contributed by atoms with Crippen molar-refractivity contribution in [2.24, 2.45) is 5.92 Å². The fourth-order valence-corrected chi connectivity index (χ4v) is 4.14. The first-order chi connectivity index (χ1) is 13.2. The van der Waals surface area contributed by atoms with Gasteiger partial charge in [-0.2, -0.15) is 0 Å². The molecule has 146 valence electrons. The van der Waals surface area contributed by atoms with E-state index >= 15 is 0 Å². The molecule has 0 heterocycles. The first kappa shape index (κ1) is 19.8. The minimum Gasteiger partial charge on any atom is -0.508 e. The van der Waals surface area contributed by atoms with E-state index in [1.54, 1.807) is 13.2 Å². The van der Waals surface area contributed by atoms with Crippen molar-refractivity contribution in [1.82, 2.24) is 4.90 Å². The van der Waals surface area contributed by atoms with Crippen molar-refractivity contribution < 1.29 is 9.84 Å². The second-order valence-electron chi connectivity index (χ2n) is 7.83. The van der Waals surface area contributed by atoms with Gasteiger partial charge in [0.1, 0.15) is 11.5 Å². The average molecular weight is 368 g/mol. The van der Waals surface area contributed by atoms with Gasteiger partial charge in [-0.25, -0.2) is 0 Å². The molecule has 0 amide bonds. The van der Waals surface area contributed by atoms with E-state index in [1.165, 1.54) is 49.8 Å². The van der Waals surface area contributed by atoms with Crippen molar-refractivity contribution in [2.45, 2.75) is 44.9 Å². The molecule has 1 aliphatic rings. The van der Waals surface area contributed by atoms with E-state index in [1.807, 2.05) is 18.2 Å². The molecule has 0 radical (unpaired) electrons. The molecule has 0 aromatic heterocycles. The van der Waals surface area contributed by atoms with Crippen LogP contribution in [0.4, 0.5) is 0 Å². The molecule has 2 aromatic rings. The van der Waals surface area contributed by atoms with Crippen LogP contribution in [0.1, 0.15) is 43.2 Å². The summed E-state index contributed by atoms with van der Waals surface area (Å²) in [6, 6.07) is 16.1. The Balaban J connectivity index is 1.59. The average Bonchev–Trinajstić information content (AvgIpc) is 2.71. The molecule has 3 nitrogen and oxygen atoms in total. The highest BCUT2D eigenvalue weighted by molar-refractivity contribution is 5.29. The lowest BCUT2D eigenvalue weighted by Gasteiger charge is -2.30. The van der Waals surface area contributed by atoms with Gasteiger partial charge >= 0.3 is 0 Å². The fraction of sp³-hybridized carbons (Fsp3) is 0.500. The van der Waals surface area contributed by atoms with Crippen LogP contribution in [0.25, 0.3) is 0 Å². The Labute approximate surface area is 164 Å². The predicted molar refractivity (Wildman–Crippen MR) is 112 cm³/mol. The van der Waals surface area contributed by atoms with E-state index in [9.17, 15) is 5.11 Å². The van der Waals surface area contributed by atoms with Gasteiger partial charge in [0.05, 0.1) is 7.11 Å². The zero-order chi connectivity index (χ0) is 18.9. The maximum absolute atomic E-state index is 9.72. The SMILES string of the molecule is COc1cccc(CCN(CCc2cccc(O)c2)CC2CCCCC2)c1. The number of hydrogen-bond acceptors (Lipinski definition) is 3. The quantitative estimate of drug-likeness (QED) is 0.672. The van der Waals surface area contributed by atoms with Gasteiger partial charge in [0.25, 0.3) is 0 Å². The number of ether oxygens (including phenoxy) is 1. The van der Waals surface area contributed by atoms with Crippen LogP contribution in [-0.4, -0.2) is 36.8 Å². The van der Waals surface area contributed by atoms with E-state index in [0.717, 1.165) is 37.6 Å². The molecule has 1 saturated carbocycles.